The van der Waals surface area contributed by atoms with Crippen LogP contribution in [0.1, 0.15) is 55.4 Å². The Morgan fingerprint density at radius 1 is 1.26 bits per heavy atom. The Morgan fingerprint density at radius 2 is 1.90 bits per heavy atom. The summed E-state index contributed by atoms with van der Waals surface area (Å²) in [4.78, 5) is 30.2. The summed E-state index contributed by atoms with van der Waals surface area (Å²) in [5.74, 6) is -2.24. The number of alkyl halides is 2. The summed E-state index contributed by atoms with van der Waals surface area (Å²) >= 11 is 0. The Bertz CT molecular complexity index is 853. The lowest BCUT2D eigenvalue weighted by Crippen LogP contribution is -2.27. The number of anilines is 1. The molecule has 0 saturated carbocycles. The average Bonchev–Trinajstić information content (AvgIpc) is 2.71. The number of ether oxygens (including phenoxy) is 1. The van der Waals surface area contributed by atoms with Gasteiger partial charge in [0.05, 0.1) is 6.04 Å². The maximum absolute atomic E-state index is 12.8. The lowest BCUT2D eigenvalue weighted by molar-refractivity contribution is -0.110. The lowest BCUT2D eigenvalue weighted by atomic mass is 10.1. The van der Waals surface area contributed by atoms with Gasteiger partial charge in [0.25, 0.3) is 11.8 Å². The van der Waals surface area contributed by atoms with Gasteiger partial charge in [-0.1, -0.05) is 19.9 Å². The number of halogens is 2. The summed E-state index contributed by atoms with van der Waals surface area (Å²) in [6.07, 6.45) is 2.41. The molecule has 9 heteroatoms. The molecule has 7 nitrogen and oxygen atoms in total. The van der Waals surface area contributed by atoms with Crippen molar-refractivity contribution in [2.24, 2.45) is 5.92 Å². The Hall–Kier alpha value is -3.10. The molecule has 0 bridgehead atoms. The maximum Gasteiger partial charge on any atom is 0.278 e. The molecule has 2 rings (SSSR count). The molecule has 0 aliphatic heterocycles. The summed E-state index contributed by atoms with van der Waals surface area (Å²) in [6.45, 7) is 7.37. The number of aldehydes is 1. The van der Waals surface area contributed by atoms with E-state index in [2.05, 4.69) is 20.6 Å². The average molecular weight is 437 g/mol. The molecule has 0 spiro atoms. The van der Waals surface area contributed by atoms with Crippen molar-refractivity contribution in [1.82, 2.24) is 15.3 Å². The minimum Gasteiger partial charge on any atom is -0.471 e. The Labute approximate surface area is 181 Å². The summed E-state index contributed by atoms with van der Waals surface area (Å²) < 4.78 is 30.5. The number of pyridine rings is 2. The van der Waals surface area contributed by atoms with Crippen molar-refractivity contribution in [3.63, 3.8) is 0 Å². The van der Waals surface area contributed by atoms with Gasteiger partial charge in [0.1, 0.15) is 12.1 Å². The van der Waals surface area contributed by atoms with Crippen LogP contribution in [0, 0.1) is 12.8 Å². The summed E-state index contributed by atoms with van der Waals surface area (Å²) in [7, 11) is 1.73. The number of hydrogen-bond acceptors (Lipinski definition) is 6. The van der Waals surface area contributed by atoms with Crippen molar-refractivity contribution in [3.8, 4) is 5.88 Å². The van der Waals surface area contributed by atoms with Gasteiger partial charge in [-0.2, -0.15) is 0 Å². The van der Waals surface area contributed by atoms with E-state index in [1.54, 1.807) is 25.2 Å². The highest BCUT2D eigenvalue weighted by Gasteiger charge is 2.22. The van der Waals surface area contributed by atoms with Crippen molar-refractivity contribution in [2.45, 2.75) is 46.6 Å². The Balaban J connectivity index is 0.000000861. The molecule has 0 aromatic carbocycles. The standard InChI is InChI=1S/C18H22F2N4O2.C4H8O/c1-11-7-14(8-15(21-4)23-11)17(25)24-12(2)13-5-6-16(22-9-13)26-10-18(3,19)20;1-4(2)3-5/h5-9,12H,10H2,1-4H3,(H,21,23)(H,24,25);3-4H,1-2H3. The van der Waals surface area contributed by atoms with Crippen LogP contribution in [0.3, 0.4) is 0 Å². The highest BCUT2D eigenvalue weighted by molar-refractivity contribution is 5.95. The number of amides is 1. The molecule has 31 heavy (non-hydrogen) atoms. The van der Waals surface area contributed by atoms with Crippen LogP contribution in [0.25, 0.3) is 0 Å². The number of hydrogen-bond donors (Lipinski definition) is 2. The van der Waals surface area contributed by atoms with Gasteiger partial charge in [-0.05, 0) is 31.5 Å². The molecule has 2 aromatic heterocycles. The first-order valence-electron chi connectivity index (χ1n) is 9.84. The van der Waals surface area contributed by atoms with Crippen molar-refractivity contribution in [1.29, 1.82) is 0 Å². The van der Waals surface area contributed by atoms with E-state index < -0.39 is 12.5 Å². The molecule has 0 fully saturated rings. The molecule has 0 radical (unpaired) electrons. The van der Waals surface area contributed by atoms with Crippen molar-refractivity contribution in [3.05, 3.63) is 47.3 Å². The van der Waals surface area contributed by atoms with Gasteiger partial charge in [-0.15, -0.1) is 0 Å². The second-order valence-corrected chi connectivity index (χ2v) is 7.50. The van der Waals surface area contributed by atoms with E-state index in [-0.39, 0.29) is 23.7 Å². The number of nitrogens with zero attached hydrogens (tertiary/aromatic N) is 2. The second kappa shape index (κ2) is 11.9. The van der Waals surface area contributed by atoms with E-state index in [1.165, 1.54) is 12.3 Å². The fourth-order valence-electron chi connectivity index (χ4n) is 2.22. The van der Waals surface area contributed by atoms with Crippen LogP contribution >= 0.6 is 0 Å². The van der Waals surface area contributed by atoms with Crippen LogP contribution in [0.15, 0.2) is 30.5 Å². The van der Waals surface area contributed by atoms with Crippen LogP contribution in [-0.4, -0.2) is 41.7 Å². The maximum atomic E-state index is 12.8. The number of carbonyl (C=O) groups is 2. The number of aryl methyl sites for hydroxylation is 1. The third kappa shape index (κ3) is 9.97. The van der Waals surface area contributed by atoms with Gasteiger partial charge in [0, 0.05) is 43.4 Å². The highest BCUT2D eigenvalue weighted by Crippen LogP contribution is 2.18. The zero-order valence-electron chi connectivity index (χ0n) is 18.7. The quantitative estimate of drug-likeness (QED) is 0.603. The van der Waals surface area contributed by atoms with Crippen LogP contribution in [0.4, 0.5) is 14.6 Å². The zero-order chi connectivity index (χ0) is 23.6. The number of nitrogens with one attached hydrogen (secondary N) is 2. The first kappa shape index (κ1) is 25.9. The molecule has 170 valence electrons. The first-order valence-corrected chi connectivity index (χ1v) is 9.84. The van der Waals surface area contributed by atoms with Crippen LogP contribution in [0.5, 0.6) is 5.88 Å². The minimum atomic E-state index is -2.92. The van der Waals surface area contributed by atoms with E-state index in [0.29, 0.717) is 11.4 Å². The van der Waals surface area contributed by atoms with Gasteiger partial charge in [-0.25, -0.2) is 18.7 Å². The van der Waals surface area contributed by atoms with Gasteiger partial charge in [-0.3, -0.25) is 4.79 Å². The SMILES string of the molecule is CC(C)C=O.CNc1cc(C(=O)NC(C)c2ccc(OCC(C)(F)F)nc2)cc(C)n1. The topological polar surface area (TPSA) is 93.2 Å². The van der Waals surface area contributed by atoms with E-state index >= 15 is 0 Å². The van der Waals surface area contributed by atoms with E-state index in [0.717, 1.165) is 24.5 Å². The summed E-state index contributed by atoms with van der Waals surface area (Å²) in [5, 5.41) is 5.78. The Morgan fingerprint density at radius 3 is 2.39 bits per heavy atom. The van der Waals surface area contributed by atoms with Gasteiger partial charge < -0.3 is 20.2 Å². The predicted molar refractivity (Wildman–Crippen MR) is 116 cm³/mol. The normalized spacial score (nSPS) is 11.8. The number of aromatic nitrogens is 2. The van der Waals surface area contributed by atoms with Crippen LogP contribution in [0.2, 0.25) is 0 Å². The molecule has 2 aromatic rings. The predicted octanol–water partition coefficient (Wildman–Crippen LogP) is 4.19. The highest BCUT2D eigenvalue weighted by atomic mass is 19.3. The molecule has 2 N–H and O–H groups in total. The fraction of sp³-hybridized carbons (Fsp3) is 0.455. The molecule has 0 aliphatic carbocycles. The molecule has 1 amide bonds. The third-order valence-electron chi connectivity index (χ3n) is 3.82. The first-order chi connectivity index (χ1) is 14.4. The van der Waals surface area contributed by atoms with E-state index in [1.807, 2.05) is 27.7 Å². The van der Waals surface area contributed by atoms with E-state index in [4.69, 9.17) is 4.74 Å². The number of rotatable bonds is 8. The molecular formula is C22H30F2N4O3. The minimum absolute atomic E-state index is 0.109. The summed E-state index contributed by atoms with van der Waals surface area (Å²) in [5.41, 5.74) is 1.95. The van der Waals surface area contributed by atoms with Crippen LogP contribution in [-0.2, 0) is 4.79 Å². The van der Waals surface area contributed by atoms with Gasteiger partial charge >= 0.3 is 0 Å². The van der Waals surface area contributed by atoms with Crippen LogP contribution < -0.4 is 15.4 Å². The molecule has 0 aliphatic rings. The molecule has 1 unspecified atom stereocenters. The Kier molecular flexibility index (Phi) is 9.98. The molecule has 0 saturated heterocycles. The van der Waals surface area contributed by atoms with Crippen molar-refractivity contribution < 1.29 is 23.1 Å². The second-order valence-electron chi connectivity index (χ2n) is 7.50. The van der Waals surface area contributed by atoms with Gasteiger partial charge in [0.15, 0.2) is 6.61 Å². The molecule has 2 heterocycles. The smallest absolute Gasteiger partial charge is 0.278 e. The fourth-order valence-corrected chi connectivity index (χ4v) is 2.22. The van der Waals surface area contributed by atoms with Gasteiger partial charge in [0.2, 0.25) is 5.88 Å². The lowest BCUT2D eigenvalue weighted by Gasteiger charge is -2.16. The zero-order valence-corrected chi connectivity index (χ0v) is 18.7. The number of carbonyl (C=O) groups excluding carboxylic acids is 2. The third-order valence-corrected chi connectivity index (χ3v) is 3.82. The largest absolute Gasteiger partial charge is 0.471 e. The summed E-state index contributed by atoms with van der Waals surface area (Å²) in [6, 6.07) is 6.22. The molecular weight excluding hydrogens is 406 g/mol. The van der Waals surface area contributed by atoms with E-state index in [9.17, 15) is 18.4 Å². The molecule has 1 atom stereocenters. The monoisotopic (exact) mass is 436 g/mol. The van der Waals surface area contributed by atoms with Crippen molar-refractivity contribution in [2.75, 3.05) is 19.0 Å². The van der Waals surface area contributed by atoms with Crippen molar-refractivity contribution >= 4 is 18.0 Å².